The number of hydrogen-bond donors (Lipinski definition) is 2. The number of benzene rings is 1. The number of fused-ring (bicyclic) bond motifs is 1. The molecule has 2 aromatic rings. The third-order valence-corrected chi connectivity index (χ3v) is 7.63. The molecule has 31 heavy (non-hydrogen) atoms. The Labute approximate surface area is 183 Å². The first-order valence-corrected chi connectivity index (χ1v) is 12.2. The normalized spacial score (nSPS) is 17.2. The molecular weight excluding hydrogens is 418 g/mol. The van der Waals surface area contributed by atoms with Gasteiger partial charge in [-0.15, -0.1) is 0 Å². The number of ether oxygens (including phenoxy) is 1. The second kappa shape index (κ2) is 9.93. The van der Waals surface area contributed by atoms with Crippen LogP contribution >= 0.6 is 0 Å². The number of hydrogen-bond acceptors (Lipinski definition) is 5. The van der Waals surface area contributed by atoms with Crippen LogP contribution in [0.15, 0.2) is 30.3 Å². The van der Waals surface area contributed by atoms with Crippen LogP contribution in [0.2, 0.25) is 0 Å². The van der Waals surface area contributed by atoms with Crippen LogP contribution in [0.5, 0.6) is 0 Å². The molecule has 3 rings (SSSR count). The number of aromatic nitrogens is 1. The average Bonchev–Trinajstić information content (AvgIpc) is 2.71. The fourth-order valence-corrected chi connectivity index (χ4v) is 5.79. The molecule has 1 aromatic heterocycles. The van der Waals surface area contributed by atoms with E-state index < -0.39 is 22.2 Å². The van der Waals surface area contributed by atoms with Crippen LogP contribution in [0.25, 0.3) is 10.9 Å². The molecule has 1 atom stereocenters. The summed E-state index contributed by atoms with van der Waals surface area (Å²) in [6, 6.07) is 9.36. The van der Waals surface area contributed by atoms with Crippen molar-refractivity contribution >= 4 is 27.0 Å². The summed E-state index contributed by atoms with van der Waals surface area (Å²) in [6.07, 6.45) is -0.00328. The van der Waals surface area contributed by atoms with E-state index in [4.69, 9.17) is 9.84 Å². The van der Waals surface area contributed by atoms with Gasteiger partial charge in [0.2, 0.25) is 10.0 Å². The number of piperidine rings is 1. The minimum Gasteiger partial charge on any atom is -0.465 e. The van der Waals surface area contributed by atoms with E-state index in [1.54, 1.807) is 13.8 Å². The van der Waals surface area contributed by atoms with Crippen molar-refractivity contribution in [2.75, 3.05) is 18.8 Å². The number of para-hydroxylation sites is 1. The summed E-state index contributed by atoms with van der Waals surface area (Å²) in [6.45, 7) is 6.78. The fourth-order valence-electron chi connectivity index (χ4n) is 3.89. The number of carbonyl (C=O) groups is 1. The number of nitrogens with one attached hydrogen (secondary N) is 1. The topological polar surface area (TPSA) is 109 Å². The van der Waals surface area contributed by atoms with Gasteiger partial charge in [0.1, 0.15) is 0 Å². The van der Waals surface area contributed by atoms with E-state index in [0.29, 0.717) is 32.5 Å². The van der Waals surface area contributed by atoms with Crippen molar-refractivity contribution in [2.45, 2.75) is 52.4 Å². The largest absolute Gasteiger partial charge is 0.465 e. The summed E-state index contributed by atoms with van der Waals surface area (Å²) >= 11 is 0. The van der Waals surface area contributed by atoms with Gasteiger partial charge in [0.15, 0.2) is 0 Å². The highest BCUT2D eigenvalue weighted by molar-refractivity contribution is 7.89. The van der Waals surface area contributed by atoms with Gasteiger partial charge in [-0.1, -0.05) is 32.0 Å². The lowest BCUT2D eigenvalue weighted by Gasteiger charge is -2.32. The maximum absolute atomic E-state index is 12.8. The summed E-state index contributed by atoms with van der Waals surface area (Å²) < 4.78 is 33.2. The molecule has 9 heteroatoms. The zero-order chi connectivity index (χ0) is 22.6. The first-order chi connectivity index (χ1) is 14.7. The maximum atomic E-state index is 12.8. The van der Waals surface area contributed by atoms with Gasteiger partial charge in [0.05, 0.1) is 24.0 Å². The minimum atomic E-state index is -3.55. The summed E-state index contributed by atoms with van der Waals surface area (Å²) in [5.74, 6) is -0.351. The van der Waals surface area contributed by atoms with Crippen molar-refractivity contribution in [3.63, 3.8) is 0 Å². The van der Waals surface area contributed by atoms with Crippen molar-refractivity contribution in [2.24, 2.45) is 5.92 Å². The first-order valence-electron chi connectivity index (χ1n) is 10.6. The summed E-state index contributed by atoms with van der Waals surface area (Å²) in [7, 11) is -3.55. The Morgan fingerprint density at radius 2 is 1.97 bits per heavy atom. The number of nitrogens with zero attached hydrogens (tertiary/aromatic N) is 2. The molecule has 1 aromatic carbocycles. The fraction of sp³-hybridized carbons (Fsp3) is 0.545. The maximum Gasteiger partial charge on any atom is 0.404 e. The Kier molecular flexibility index (Phi) is 7.51. The molecule has 1 fully saturated rings. The van der Waals surface area contributed by atoms with Crippen LogP contribution in [0, 0.1) is 12.8 Å². The molecule has 1 amide bonds. The zero-order valence-corrected chi connectivity index (χ0v) is 19.1. The summed E-state index contributed by atoms with van der Waals surface area (Å²) in [5, 5.41) is 12.4. The van der Waals surface area contributed by atoms with Crippen LogP contribution in [-0.2, 0) is 21.4 Å². The van der Waals surface area contributed by atoms with Crippen molar-refractivity contribution in [1.82, 2.24) is 14.6 Å². The molecule has 8 nitrogen and oxygen atoms in total. The number of aryl methyl sites for hydroxylation is 1. The highest BCUT2D eigenvalue weighted by atomic mass is 32.2. The van der Waals surface area contributed by atoms with Crippen LogP contribution in [-0.4, -0.2) is 59.9 Å². The number of rotatable bonds is 8. The van der Waals surface area contributed by atoms with Gasteiger partial charge in [0, 0.05) is 30.2 Å². The second-order valence-corrected chi connectivity index (χ2v) is 10.4. The lowest BCUT2D eigenvalue weighted by atomic mass is 10.1. The SMILES string of the molecule is Cc1cc(COC2CCN(S(=O)(=O)CC(NC(=O)O)C(C)C)CC2)c2ccccc2n1. The third kappa shape index (κ3) is 6.15. The Balaban J connectivity index is 1.57. The highest BCUT2D eigenvalue weighted by Crippen LogP contribution is 2.23. The van der Waals surface area contributed by atoms with Gasteiger partial charge < -0.3 is 15.2 Å². The van der Waals surface area contributed by atoms with E-state index in [2.05, 4.69) is 10.3 Å². The van der Waals surface area contributed by atoms with E-state index >= 15 is 0 Å². The molecule has 2 N–H and O–H groups in total. The molecule has 0 bridgehead atoms. The van der Waals surface area contributed by atoms with E-state index in [1.165, 1.54) is 4.31 Å². The summed E-state index contributed by atoms with van der Waals surface area (Å²) in [5.41, 5.74) is 2.96. The minimum absolute atomic E-state index is 0.0169. The lowest BCUT2D eigenvalue weighted by Crippen LogP contribution is -2.48. The van der Waals surface area contributed by atoms with E-state index in [9.17, 15) is 13.2 Å². The molecule has 2 heterocycles. The molecule has 0 saturated carbocycles. The standard InChI is InChI=1S/C22H31N3O5S/c1-15(2)21(24-22(26)27)14-31(28,29)25-10-8-18(9-11-25)30-13-17-12-16(3)23-20-7-5-4-6-19(17)20/h4-7,12,15,18,21,24H,8-11,13-14H2,1-3H3,(H,26,27). The number of pyridine rings is 1. The number of amides is 1. The molecule has 1 aliphatic heterocycles. The molecule has 0 spiro atoms. The van der Waals surface area contributed by atoms with Crippen LogP contribution in [0.4, 0.5) is 4.79 Å². The van der Waals surface area contributed by atoms with Crippen LogP contribution < -0.4 is 5.32 Å². The molecule has 1 saturated heterocycles. The van der Waals surface area contributed by atoms with Gasteiger partial charge in [-0.25, -0.2) is 17.5 Å². The Bertz CT molecular complexity index is 1020. The predicted octanol–water partition coefficient (Wildman–Crippen LogP) is 3.15. The summed E-state index contributed by atoms with van der Waals surface area (Å²) in [4.78, 5) is 15.5. The van der Waals surface area contributed by atoms with E-state index in [-0.39, 0.29) is 17.8 Å². The Morgan fingerprint density at radius 1 is 1.29 bits per heavy atom. The highest BCUT2D eigenvalue weighted by Gasteiger charge is 2.32. The lowest BCUT2D eigenvalue weighted by molar-refractivity contribution is 0.0106. The Hall–Kier alpha value is -2.23. The zero-order valence-electron chi connectivity index (χ0n) is 18.2. The second-order valence-electron chi connectivity index (χ2n) is 8.43. The van der Waals surface area contributed by atoms with Gasteiger partial charge in [-0.2, -0.15) is 0 Å². The van der Waals surface area contributed by atoms with Gasteiger partial charge in [0.25, 0.3) is 0 Å². The Morgan fingerprint density at radius 3 is 2.61 bits per heavy atom. The molecule has 0 radical (unpaired) electrons. The van der Waals surface area contributed by atoms with Gasteiger partial charge in [-0.3, -0.25) is 4.98 Å². The predicted molar refractivity (Wildman–Crippen MR) is 119 cm³/mol. The van der Waals surface area contributed by atoms with Crippen molar-refractivity contribution in [3.8, 4) is 0 Å². The van der Waals surface area contributed by atoms with Crippen LogP contribution in [0.3, 0.4) is 0 Å². The molecule has 1 unspecified atom stereocenters. The monoisotopic (exact) mass is 449 g/mol. The average molecular weight is 450 g/mol. The molecular formula is C22H31N3O5S. The van der Waals surface area contributed by atoms with Gasteiger partial charge >= 0.3 is 6.09 Å². The van der Waals surface area contributed by atoms with Crippen molar-refractivity contribution in [3.05, 3.63) is 41.6 Å². The molecule has 0 aliphatic carbocycles. The van der Waals surface area contributed by atoms with Crippen LogP contribution in [0.1, 0.15) is 37.9 Å². The van der Waals surface area contributed by atoms with Crippen molar-refractivity contribution in [1.29, 1.82) is 0 Å². The quantitative estimate of drug-likeness (QED) is 0.641. The number of carboxylic acid groups (broad SMARTS) is 1. The number of sulfonamides is 1. The smallest absolute Gasteiger partial charge is 0.404 e. The molecule has 170 valence electrons. The van der Waals surface area contributed by atoms with E-state index in [0.717, 1.165) is 22.2 Å². The van der Waals surface area contributed by atoms with E-state index in [1.807, 2.05) is 37.3 Å². The first kappa shape index (κ1) is 23.4. The third-order valence-electron chi connectivity index (χ3n) is 5.70. The van der Waals surface area contributed by atoms with Gasteiger partial charge in [-0.05, 0) is 43.4 Å². The molecule has 1 aliphatic rings. The van der Waals surface area contributed by atoms with Crippen molar-refractivity contribution < 1.29 is 23.1 Å².